The van der Waals surface area contributed by atoms with Gasteiger partial charge in [0, 0.05) is 17.7 Å². The highest BCUT2D eigenvalue weighted by Crippen LogP contribution is 2.24. The lowest BCUT2D eigenvalue weighted by molar-refractivity contribution is -0.175. The molecule has 0 radical (unpaired) electrons. The largest absolute Gasteiger partial charge is 0.480 e. The van der Waals surface area contributed by atoms with Crippen molar-refractivity contribution >= 4 is 35.4 Å². The van der Waals surface area contributed by atoms with Crippen LogP contribution in [0.1, 0.15) is 61.3 Å². The molecule has 0 bridgehead atoms. The van der Waals surface area contributed by atoms with E-state index in [0.717, 1.165) is 0 Å². The summed E-state index contributed by atoms with van der Waals surface area (Å²) < 4.78 is 39.1. The highest BCUT2D eigenvalue weighted by atomic mass is 19.4. The van der Waals surface area contributed by atoms with Crippen LogP contribution in [0, 0.1) is 11.8 Å². The summed E-state index contributed by atoms with van der Waals surface area (Å²) >= 11 is 0. The van der Waals surface area contributed by atoms with Gasteiger partial charge >= 0.3 is 12.1 Å². The van der Waals surface area contributed by atoms with Crippen LogP contribution in [-0.2, 0) is 19.2 Å². The smallest absolute Gasteiger partial charge is 0.452 e. The SMILES string of the molecule is CC(C)C(NC(=O)c1ccc(C(=O)NCC(=O)O)cc1)C(=O)N1CCC[C@H]1C(=O)N[C@H](C(=O)C(F)(F)F)C(C)C. The molecule has 0 saturated carbocycles. The van der Waals surface area contributed by atoms with E-state index in [4.69, 9.17) is 5.11 Å². The maximum atomic E-state index is 13.4. The van der Waals surface area contributed by atoms with E-state index in [2.05, 4.69) is 16.0 Å². The molecule has 1 aromatic rings. The zero-order valence-electron chi connectivity index (χ0n) is 22.5. The van der Waals surface area contributed by atoms with E-state index in [1.165, 1.54) is 43.0 Å². The Morgan fingerprint density at radius 1 is 0.900 bits per heavy atom. The fraction of sp³-hybridized carbons (Fsp3) is 0.538. The monoisotopic (exact) mass is 570 g/mol. The van der Waals surface area contributed by atoms with Gasteiger partial charge in [0.1, 0.15) is 18.6 Å². The number of rotatable bonds is 11. The summed E-state index contributed by atoms with van der Waals surface area (Å²) in [6.07, 6.45) is -4.57. The van der Waals surface area contributed by atoms with Crippen molar-refractivity contribution in [2.75, 3.05) is 13.1 Å². The Morgan fingerprint density at radius 2 is 1.43 bits per heavy atom. The normalized spacial score (nSPS) is 16.8. The van der Waals surface area contributed by atoms with Crippen LogP contribution in [0.4, 0.5) is 13.2 Å². The molecule has 1 saturated heterocycles. The third-order valence-corrected chi connectivity index (χ3v) is 6.39. The van der Waals surface area contributed by atoms with Crippen LogP contribution in [0.15, 0.2) is 24.3 Å². The van der Waals surface area contributed by atoms with E-state index in [1.807, 2.05) is 0 Å². The Balaban J connectivity index is 2.14. The second-order valence-corrected chi connectivity index (χ2v) is 10.1. The van der Waals surface area contributed by atoms with Crippen LogP contribution in [-0.4, -0.2) is 82.8 Å². The minimum Gasteiger partial charge on any atom is -0.480 e. The summed E-state index contributed by atoms with van der Waals surface area (Å²) in [6, 6.07) is 1.26. The second-order valence-electron chi connectivity index (χ2n) is 10.1. The number of nitrogens with zero attached hydrogens (tertiary/aromatic N) is 1. The Morgan fingerprint density at radius 3 is 1.90 bits per heavy atom. The number of alkyl halides is 3. The maximum absolute atomic E-state index is 13.4. The van der Waals surface area contributed by atoms with Crippen LogP contribution in [0.5, 0.6) is 0 Å². The average Bonchev–Trinajstić information content (AvgIpc) is 3.37. The molecule has 2 rings (SSSR count). The number of carboxylic acids is 1. The topological polar surface area (TPSA) is 162 Å². The number of amides is 4. The standard InChI is InChI=1S/C26H33F3N4O7/c1-13(2)19(21(36)26(27,28)29)31-24(39)17-6-5-11-33(17)25(40)20(14(3)4)32-23(38)16-9-7-15(8-10-16)22(37)30-12-18(34)35/h7-10,13-14,17,19-20H,5-6,11-12H2,1-4H3,(H,30,37)(H,31,39)(H,32,38)(H,34,35)/t17-,19-,20?/m0/s1. The summed E-state index contributed by atoms with van der Waals surface area (Å²) in [5, 5.41) is 15.6. The summed E-state index contributed by atoms with van der Waals surface area (Å²) in [5.41, 5.74) is 0.221. The van der Waals surface area contributed by atoms with Crippen molar-refractivity contribution in [2.45, 2.75) is 64.8 Å². The fourth-order valence-electron chi connectivity index (χ4n) is 4.21. The zero-order chi connectivity index (χ0) is 30.4. The Kier molecular flexibility index (Phi) is 10.8. The number of nitrogens with one attached hydrogen (secondary N) is 3. The second kappa shape index (κ2) is 13.4. The number of hydrogen-bond donors (Lipinski definition) is 4. The minimum absolute atomic E-state index is 0.106. The molecule has 0 spiro atoms. The average molecular weight is 571 g/mol. The van der Waals surface area contributed by atoms with Crippen molar-refractivity contribution in [3.63, 3.8) is 0 Å². The van der Waals surface area contributed by atoms with Gasteiger partial charge in [-0.05, 0) is 48.9 Å². The molecule has 11 nitrogen and oxygen atoms in total. The van der Waals surface area contributed by atoms with Crippen molar-refractivity contribution in [3.8, 4) is 0 Å². The van der Waals surface area contributed by atoms with Crippen molar-refractivity contribution in [1.29, 1.82) is 0 Å². The van der Waals surface area contributed by atoms with E-state index in [-0.39, 0.29) is 24.1 Å². The third-order valence-electron chi connectivity index (χ3n) is 6.39. The van der Waals surface area contributed by atoms with Gasteiger partial charge in [0.2, 0.25) is 11.8 Å². The van der Waals surface area contributed by atoms with E-state index in [9.17, 15) is 41.9 Å². The molecule has 4 amide bonds. The molecule has 220 valence electrons. The summed E-state index contributed by atoms with van der Waals surface area (Å²) in [7, 11) is 0. The summed E-state index contributed by atoms with van der Waals surface area (Å²) in [6.45, 7) is 5.62. The molecule has 40 heavy (non-hydrogen) atoms. The van der Waals surface area contributed by atoms with Crippen molar-refractivity contribution in [3.05, 3.63) is 35.4 Å². The number of benzene rings is 1. The highest BCUT2D eigenvalue weighted by molar-refractivity contribution is 6.01. The molecule has 3 atom stereocenters. The number of carboxylic acid groups (broad SMARTS) is 1. The lowest BCUT2D eigenvalue weighted by atomic mass is 9.98. The van der Waals surface area contributed by atoms with Gasteiger partial charge in [-0.15, -0.1) is 0 Å². The molecule has 1 heterocycles. The van der Waals surface area contributed by atoms with Crippen LogP contribution in [0.3, 0.4) is 0 Å². The summed E-state index contributed by atoms with van der Waals surface area (Å²) in [4.78, 5) is 74.9. The zero-order valence-corrected chi connectivity index (χ0v) is 22.5. The lowest BCUT2D eigenvalue weighted by Crippen LogP contribution is -2.58. The molecule has 1 unspecified atom stereocenters. The van der Waals surface area contributed by atoms with Gasteiger partial charge in [0.25, 0.3) is 17.6 Å². The van der Waals surface area contributed by atoms with E-state index in [0.29, 0.717) is 6.42 Å². The van der Waals surface area contributed by atoms with Crippen molar-refractivity contribution < 1.29 is 47.0 Å². The molecular weight excluding hydrogens is 537 g/mol. The first-order valence-corrected chi connectivity index (χ1v) is 12.7. The van der Waals surface area contributed by atoms with Gasteiger partial charge in [-0.1, -0.05) is 27.7 Å². The van der Waals surface area contributed by atoms with E-state index < -0.39 is 78.1 Å². The minimum atomic E-state index is -5.14. The van der Waals surface area contributed by atoms with Crippen LogP contribution < -0.4 is 16.0 Å². The van der Waals surface area contributed by atoms with Gasteiger partial charge in [-0.2, -0.15) is 13.2 Å². The molecule has 1 aliphatic heterocycles. The number of hydrogen-bond acceptors (Lipinski definition) is 6. The molecule has 1 aromatic carbocycles. The van der Waals surface area contributed by atoms with Crippen molar-refractivity contribution in [2.24, 2.45) is 11.8 Å². The quantitative estimate of drug-likeness (QED) is 0.314. The Labute approximate surface area is 228 Å². The highest BCUT2D eigenvalue weighted by Gasteiger charge is 2.46. The number of likely N-dealkylation sites (tertiary alicyclic amines) is 1. The Bertz CT molecular complexity index is 1140. The molecule has 0 aliphatic carbocycles. The van der Waals surface area contributed by atoms with Gasteiger partial charge in [0.05, 0.1) is 6.04 Å². The van der Waals surface area contributed by atoms with E-state index >= 15 is 0 Å². The molecule has 4 N–H and O–H groups in total. The van der Waals surface area contributed by atoms with Gasteiger partial charge in [-0.25, -0.2) is 0 Å². The lowest BCUT2D eigenvalue weighted by Gasteiger charge is -2.32. The predicted molar refractivity (Wildman–Crippen MR) is 135 cm³/mol. The number of aliphatic carboxylic acids is 1. The number of carbonyl (C=O) groups is 6. The first kappa shape index (κ1) is 32.2. The first-order valence-electron chi connectivity index (χ1n) is 12.7. The number of halogens is 3. The summed E-state index contributed by atoms with van der Waals surface area (Å²) in [5.74, 6) is -7.37. The maximum Gasteiger partial charge on any atom is 0.452 e. The predicted octanol–water partition coefficient (Wildman–Crippen LogP) is 1.52. The van der Waals surface area contributed by atoms with Crippen LogP contribution >= 0.6 is 0 Å². The first-order chi connectivity index (χ1) is 18.5. The van der Waals surface area contributed by atoms with Crippen LogP contribution in [0.2, 0.25) is 0 Å². The molecule has 0 aromatic heterocycles. The fourth-order valence-corrected chi connectivity index (χ4v) is 4.21. The third kappa shape index (κ3) is 8.26. The van der Waals surface area contributed by atoms with E-state index in [1.54, 1.807) is 13.8 Å². The number of ketones is 1. The van der Waals surface area contributed by atoms with Crippen LogP contribution in [0.25, 0.3) is 0 Å². The van der Waals surface area contributed by atoms with Crippen molar-refractivity contribution in [1.82, 2.24) is 20.9 Å². The molecule has 1 aliphatic rings. The molecule has 1 fully saturated rings. The molecule has 14 heteroatoms. The van der Waals surface area contributed by atoms with Gasteiger partial charge in [-0.3, -0.25) is 28.8 Å². The molecular formula is C26H33F3N4O7. The number of carbonyl (C=O) groups excluding carboxylic acids is 5. The Hall–Kier alpha value is -3.97. The van der Waals surface area contributed by atoms with Gasteiger partial charge in [0.15, 0.2) is 0 Å². The van der Waals surface area contributed by atoms with Gasteiger partial charge < -0.3 is 26.0 Å². The number of Topliss-reactive ketones (excluding diaryl/α,β-unsaturated/α-hetero) is 1.